The van der Waals surface area contributed by atoms with E-state index in [-0.39, 0.29) is 5.69 Å². The van der Waals surface area contributed by atoms with Crippen LogP contribution in [0.5, 0.6) is 5.75 Å². The molecule has 0 fully saturated rings. The number of aromatic amines is 1. The van der Waals surface area contributed by atoms with Gasteiger partial charge in [0, 0.05) is 18.8 Å². The predicted molar refractivity (Wildman–Crippen MR) is 52.6 cm³/mol. The minimum Gasteiger partial charge on any atom is -0.494 e. The maximum Gasteiger partial charge on any atom is 0.327 e. The molecule has 14 heavy (non-hydrogen) atoms. The van der Waals surface area contributed by atoms with Crippen molar-refractivity contribution in [2.24, 2.45) is 0 Å². The molecule has 2 rings (SSSR count). The van der Waals surface area contributed by atoms with Crippen LogP contribution in [-0.2, 0) is 6.54 Å². The zero-order valence-electron chi connectivity index (χ0n) is 8.07. The first kappa shape index (κ1) is 8.80. The fraction of sp³-hybridized carbons (Fsp3) is 0.333. The van der Waals surface area contributed by atoms with Crippen molar-refractivity contribution in [3.05, 3.63) is 22.7 Å². The van der Waals surface area contributed by atoms with Gasteiger partial charge >= 0.3 is 5.69 Å². The molecule has 0 atom stereocenters. The molecule has 1 N–H and O–H groups in total. The Morgan fingerprint density at radius 1 is 1.64 bits per heavy atom. The molecule has 0 aliphatic heterocycles. The van der Waals surface area contributed by atoms with E-state index in [2.05, 4.69) is 9.97 Å². The molecule has 2 aromatic rings. The lowest BCUT2D eigenvalue weighted by atomic mass is 10.4. The first-order valence-corrected chi connectivity index (χ1v) is 4.39. The van der Waals surface area contributed by atoms with E-state index in [0.29, 0.717) is 17.9 Å². The molecule has 0 unspecified atom stereocenters. The predicted octanol–water partition coefficient (Wildman–Crippen LogP) is 0.753. The number of pyridine rings is 1. The summed E-state index contributed by atoms with van der Waals surface area (Å²) in [4.78, 5) is 18.2. The second kappa shape index (κ2) is 3.17. The molecule has 0 saturated heterocycles. The molecule has 5 nitrogen and oxygen atoms in total. The molecule has 0 spiro atoms. The molecule has 0 aliphatic carbocycles. The standard InChI is InChI=1S/C9H11N3O2/c1-3-12-7-6(14-2)4-5-10-8(7)11-9(12)13/h4-5H,3H2,1-2H3,(H,10,11,13). The lowest BCUT2D eigenvalue weighted by Crippen LogP contribution is -2.15. The van der Waals surface area contributed by atoms with Crippen molar-refractivity contribution >= 4 is 11.2 Å². The molecule has 5 heteroatoms. The molecule has 74 valence electrons. The number of H-pyrrole nitrogens is 1. The topological polar surface area (TPSA) is 59.9 Å². The number of fused-ring (bicyclic) bond motifs is 1. The van der Waals surface area contributed by atoms with Crippen LogP contribution in [0.15, 0.2) is 17.1 Å². The van der Waals surface area contributed by atoms with Gasteiger partial charge in [0.1, 0.15) is 11.3 Å². The molecule has 0 aromatic carbocycles. The summed E-state index contributed by atoms with van der Waals surface area (Å²) in [6, 6.07) is 1.74. The Bertz CT molecular complexity index is 512. The van der Waals surface area contributed by atoms with Crippen molar-refractivity contribution in [1.82, 2.24) is 14.5 Å². The normalized spacial score (nSPS) is 10.7. The van der Waals surface area contributed by atoms with E-state index in [0.717, 1.165) is 5.52 Å². The van der Waals surface area contributed by atoms with Crippen LogP contribution in [0.4, 0.5) is 0 Å². The van der Waals surface area contributed by atoms with E-state index < -0.39 is 0 Å². The zero-order chi connectivity index (χ0) is 10.1. The van der Waals surface area contributed by atoms with Gasteiger partial charge in [-0.1, -0.05) is 0 Å². The fourth-order valence-corrected chi connectivity index (χ4v) is 1.53. The van der Waals surface area contributed by atoms with Gasteiger partial charge in [0.05, 0.1) is 7.11 Å². The van der Waals surface area contributed by atoms with Crippen LogP contribution >= 0.6 is 0 Å². The summed E-state index contributed by atoms with van der Waals surface area (Å²) in [5.41, 5.74) is 1.14. The number of nitrogens with one attached hydrogen (secondary N) is 1. The third kappa shape index (κ3) is 1.09. The Kier molecular flexibility index (Phi) is 1.99. The number of imidazole rings is 1. The van der Waals surface area contributed by atoms with Gasteiger partial charge in [-0.15, -0.1) is 0 Å². The molecule has 0 amide bonds. The summed E-state index contributed by atoms with van der Waals surface area (Å²) in [7, 11) is 1.58. The second-order valence-electron chi connectivity index (χ2n) is 2.88. The summed E-state index contributed by atoms with van der Waals surface area (Å²) in [6.45, 7) is 2.50. The van der Waals surface area contributed by atoms with Gasteiger partial charge in [0.25, 0.3) is 0 Å². The Morgan fingerprint density at radius 3 is 3.07 bits per heavy atom. The van der Waals surface area contributed by atoms with Crippen molar-refractivity contribution < 1.29 is 4.74 Å². The van der Waals surface area contributed by atoms with Gasteiger partial charge in [0.15, 0.2) is 5.65 Å². The Balaban J connectivity index is 2.89. The first-order chi connectivity index (χ1) is 6.77. The minimum atomic E-state index is -0.153. The smallest absolute Gasteiger partial charge is 0.327 e. The molecule has 2 heterocycles. The van der Waals surface area contributed by atoms with Gasteiger partial charge in [-0.2, -0.15) is 0 Å². The number of rotatable bonds is 2. The van der Waals surface area contributed by atoms with Crippen LogP contribution in [0.25, 0.3) is 11.2 Å². The summed E-state index contributed by atoms with van der Waals surface area (Å²) in [6.07, 6.45) is 1.61. The third-order valence-electron chi connectivity index (χ3n) is 2.16. The quantitative estimate of drug-likeness (QED) is 0.765. The number of hydrogen-bond acceptors (Lipinski definition) is 3. The molecular weight excluding hydrogens is 182 g/mol. The average Bonchev–Trinajstić information content (AvgIpc) is 2.52. The first-order valence-electron chi connectivity index (χ1n) is 4.39. The van der Waals surface area contributed by atoms with E-state index in [1.807, 2.05) is 6.92 Å². The number of methoxy groups -OCH3 is 1. The fourth-order valence-electron chi connectivity index (χ4n) is 1.53. The van der Waals surface area contributed by atoms with Crippen LogP contribution in [0.3, 0.4) is 0 Å². The zero-order valence-corrected chi connectivity index (χ0v) is 8.07. The number of hydrogen-bond donors (Lipinski definition) is 1. The summed E-state index contributed by atoms with van der Waals surface area (Å²) in [5, 5.41) is 0. The number of aryl methyl sites for hydroxylation is 1. The van der Waals surface area contributed by atoms with Crippen molar-refractivity contribution in [2.75, 3.05) is 7.11 Å². The van der Waals surface area contributed by atoms with Gasteiger partial charge < -0.3 is 4.74 Å². The van der Waals surface area contributed by atoms with Crippen LogP contribution < -0.4 is 10.4 Å². The van der Waals surface area contributed by atoms with E-state index in [9.17, 15) is 4.79 Å². The number of nitrogens with zero attached hydrogens (tertiary/aromatic N) is 2. The van der Waals surface area contributed by atoms with Crippen molar-refractivity contribution in [3.8, 4) is 5.75 Å². The summed E-state index contributed by atoms with van der Waals surface area (Å²) < 4.78 is 6.76. The van der Waals surface area contributed by atoms with Crippen molar-refractivity contribution in [2.45, 2.75) is 13.5 Å². The third-order valence-corrected chi connectivity index (χ3v) is 2.16. The molecular formula is C9H11N3O2. The van der Waals surface area contributed by atoms with E-state index in [1.165, 1.54) is 0 Å². The largest absolute Gasteiger partial charge is 0.494 e. The van der Waals surface area contributed by atoms with Gasteiger partial charge in [-0.3, -0.25) is 9.55 Å². The Hall–Kier alpha value is -1.78. The average molecular weight is 193 g/mol. The van der Waals surface area contributed by atoms with E-state index in [1.54, 1.807) is 23.9 Å². The van der Waals surface area contributed by atoms with Gasteiger partial charge in [0.2, 0.25) is 0 Å². The van der Waals surface area contributed by atoms with Crippen molar-refractivity contribution in [3.63, 3.8) is 0 Å². The highest BCUT2D eigenvalue weighted by atomic mass is 16.5. The van der Waals surface area contributed by atoms with E-state index >= 15 is 0 Å². The number of ether oxygens (including phenoxy) is 1. The lowest BCUT2D eigenvalue weighted by molar-refractivity contribution is 0.417. The van der Waals surface area contributed by atoms with Crippen LogP contribution in [0.2, 0.25) is 0 Å². The SMILES string of the molecule is CCn1c(=O)[nH]c2nccc(OC)c21. The molecule has 2 aromatic heterocycles. The monoisotopic (exact) mass is 193 g/mol. The molecule has 0 bridgehead atoms. The lowest BCUT2D eigenvalue weighted by Gasteiger charge is -2.03. The maximum atomic E-state index is 11.4. The van der Waals surface area contributed by atoms with Crippen LogP contribution in [-0.4, -0.2) is 21.6 Å². The number of aromatic nitrogens is 3. The van der Waals surface area contributed by atoms with Crippen LogP contribution in [0.1, 0.15) is 6.92 Å². The molecule has 0 radical (unpaired) electrons. The van der Waals surface area contributed by atoms with Crippen molar-refractivity contribution in [1.29, 1.82) is 0 Å². The highest BCUT2D eigenvalue weighted by molar-refractivity contribution is 5.78. The minimum absolute atomic E-state index is 0.153. The van der Waals surface area contributed by atoms with E-state index in [4.69, 9.17) is 4.74 Å². The highest BCUT2D eigenvalue weighted by Crippen LogP contribution is 2.20. The second-order valence-corrected chi connectivity index (χ2v) is 2.88. The molecule has 0 saturated carbocycles. The van der Waals surface area contributed by atoms with Crippen LogP contribution in [0, 0.1) is 0 Å². The Morgan fingerprint density at radius 2 is 2.43 bits per heavy atom. The van der Waals surface area contributed by atoms with Gasteiger partial charge in [-0.05, 0) is 6.92 Å². The maximum absolute atomic E-state index is 11.4. The summed E-state index contributed by atoms with van der Waals surface area (Å²) in [5.74, 6) is 0.662. The summed E-state index contributed by atoms with van der Waals surface area (Å²) >= 11 is 0. The molecule has 0 aliphatic rings. The highest BCUT2D eigenvalue weighted by Gasteiger charge is 2.10. The van der Waals surface area contributed by atoms with Gasteiger partial charge in [-0.25, -0.2) is 9.78 Å². The Labute approximate surface area is 80.3 Å².